The van der Waals surface area contributed by atoms with E-state index in [1.54, 1.807) is 7.11 Å². The summed E-state index contributed by atoms with van der Waals surface area (Å²) in [6.07, 6.45) is 1.69. The summed E-state index contributed by atoms with van der Waals surface area (Å²) < 4.78 is 5.34. The molecule has 1 aliphatic rings. The molecule has 0 amide bonds. The molecular formula is C13H20N2O3S. The maximum atomic E-state index is 11.6. The Labute approximate surface area is 117 Å². The van der Waals surface area contributed by atoms with Crippen LogP contribution in [0, 0.1) is 0 Å². The number of hydrogen-bond acceptors (Lipinski definition) is 6. The van der Waals surface area contributed by atoms with Crippen LogP contribution in [0.1, 0.15) is 36.4 Å². The molecule has 2 rings (SSSR count). The molecule has 1 unspecified atom stereocenters. The quantitative estimate of drug-likeness (QED) is 0.829. The van der Waals surface area contributed by atoms with Crippen LogP contribution in [0.2, 0.25) is 0 Å². The van der Waals surface area contributed by atoms with E-state index in [0.717, 1.165) is 24.4 Å². The lowest BCUT2D eigenvalue weighted by Gasteiger charge is -2.37. The van der Waals surface area contributed by atoms with Crippen LogP contribution >= 0.6 is 11.3 Å². The highest BCUT2D eigenvalue weighted by molar-refractivity contribution is 7.19. The fraction of sp³-hybridized carbons (Fsp3) is 0.615. The van der Waals surface area contributed by atoms with Crippen LogP contribution in [0.15, 0.2) is 0 Å². The van der Waals surface area contributed by atoms with Crippen LogP contribution in [-0.4, -0.2) is 36.7 Å². The summed E-state index contributed by atoms with van der Waals surface area (Å²) in [4.78, 5) is 14.1. The third-order valence-electron chi connectivity index (χ3n) is 3.37. The molecule has 1 aromatic heterocycles. The zero-order valence-corrected chi connectivity index (χ0v) is 12.3. The van der Waals surface area contributed by atoms with E-state index in [-0.39, 0.29) is 5.78 Å². The maximum absolute atomic E-state index is 11.6. The van der Waals surface area contributed by atoms with Crippen molar-refractivity contribution in [2.24, 2.45) is 0 Å². The molecule has 0 radical (unpaired) electrons. The number of ether oxygens (including phenoxy) is 1. The van der Waals surface area contributed by atoms with Crippen molar-refractivity contribution in [2.75, 3.05) is 30.8 Å². The van der Waals surface area contributed by atoms with Crippen molar-refractivity contribution in [1.29, 1.82) is 0 Å². The number of carbonyl (C=O) groups excluding carboxylic acids is 1. The number of carbonyl (C=O) groups is 1. The summed E-state index contributed by atoms with van der Waals surface area (Å²) in [7, 11) is 1.55. The van der Waals surface area contributed by atoms with Crippen molar-refractivity contribution in [3.63, 3.8) is 0 Å². The Hall–Kier alpha value is -1.27. The zero-order chi connectivity index (χ0) is 14.2. The first-order chi connectivity index (χ1) is 8.85. The second kappa shape index (κ2) is 5.02. The molecule has 0 aliphatic carbocycles. The number of ketones is 1. The molecule has 0 aromatic carbocycles. The van der Waals surface area contributed by atoms with Gasteiger partial charge in [0.25, 0.3) is 0 Å². The number of thiophene rings is 1. The number of nitrogens with two attached hydrogens (primary N) is 1. The molecule has 0 spiro atoms. The van der Waals surface area contributed by atoms with E-state index in [0.29, 0.717) is 22.9 Å². The summed E-state index contributed by atoms with van der Waals surface area (Å²) in [6.45, 7) is 4.69. The number of nitrogen functional groups attached to an aromatic ring is 1. The van der Waals surface area contributed by atoms with Gasteiger partial charge < -0.3 is 20.5 Å². The van der Waals surface area contributed by atoms with Crippen LogP contribution in [0.3, 0.4) is 0 Å². The van der Waals surface area contributed by atoms with Gasteiger partial charge in [-0.2, -0.15) is 0 Å². The van der Waals surface area contributed by atoms with Crippen molar-refractivity contribution < 1.29 is 14.6 Å². The second-order valence-electron chi connectivity index (χ2n) is 5.26. The lowest BCUT2D eigenvalue weighted by molar-refractivity contribution is 0.0450. The lowest BCUT2D eigenvalue weighted by Crippen LogP contribution is -2.46. The molecule has 106 valence electrons. The van der Waals surface area contributed by atoms with Crippen LogP contribution in [0.5, 0.6) is 5.75 Å². The van der Waals surface area contributed by atoms with Crippen LogP contribution in [-0.2, 0) is 0 Å². The molecule has 3 N–H and O–H groups in total. The highest BCUT2D eigenvalue weighted by atomic mass is 32.1. The van der Waals surface area contributed by atoms with Crippen molar-refractivity contribution in [3.8, 4) is 5.75 Å². The van der Waals surface area contributed by atoms with E-state index in [4.69, 9.17) is 10.5 Å². The Morgan fingerprint density at radius 2 is 2.26 bits per heavy atom. The van der Waals surface area contributed by atoms with E-state index in [1.165, 1.54) is 18.3 Å². The molecule has 6 heteroatoms. The fourth-order valence-corrected chi connectivity index (χ4v) is 3.59. The number of Topliss-reactive ketones (excluding diaryl/α,β-unsaturated/α-hetero) is 1. The second-order valence-corrected chi connectivity index (χ2v) is 6.26. The normalized spacial score (nSPS) is 23.5. The van der Waals surface area contributed by atoms with Gasteiger partial charge in [-0.3, -0.25) is 4.79 Å². The predicted octanol–water partition coefficient (Wildman–Crippen LogP) is 1.89. The monoisotopic (exact) mass is 284 g/mol. The lowest BCUT2D eigenvalue weighted by atomic mass is 9.95. The van der Waals surface area contributed by atoms with Crippen molar-refractivity contribution in [3.05, 3.63) is 4.88 Å². The van der Waals surface area contributed by atoms with E-state index in [2.05, 4.69) is 4.90 Å². The SMILES string of the molecule is COc1c(N2CCCC(C)(O)C2)sc(C(C)=O)c1N. The van der Waals surface area contributed by atoms with Crippen LogP contribution in [0.4, 0.5) is 10.7 Å². The highest BCUT2D eigenvalue weighted by Gasteiger charge is 2.32. The molecule has 2 heterocycles. The van der Waals surface area contributed by atoms with Gasteiger partial charge >= 0.3 is 0 Å². The third kappa shape index (κ3) is 2.69. The molecule has 1 saturated heterocycles. The number of methoxy groups -OCH3 is 1. The fourth-order valence-electron chi connectivity index (χ4n) is 2.48. The van der Waals surface area contributed by atoms with Gasteiger partial charge in [-0.15, -0.1) is 11.3 Å². The Bertz CT molecular complexity index is 496. The number of rotatable bonds is 3. The minimum atomic E-state index is -0.710. The Balaban J connectivity index is 2.39. The van der Waals surface area contributed by atoms with E-state index >= 15 is 0 Å². The number of hydrogen-bond donors (Lipinski definition) is 2. The number of nitrogens with zero attached hydrogens (tertiary/aromatic N) is 1. The molecule has 0 bridgehead atoms. The minimum absolute atomic E-state index is 0.0594. The van der Waals surface area contributed by atoms with E-state index in [9.17, 15) is 9.90 Å². The maximum Gasteiger partial charge on any atom is 0.177 e. The van der Waals surface area contributed by atoms with Gasteiger partial charge in [0.1, 0.15) is 5.00 Å². The smallest absolute Gasteiger partial charge is 0.177 e. The molecule has 5 nitrogen and oxygen atoms in total. The zero-order valence-electron chi connectivity index (χ0n) is 11.5. The first kappa shape index (κ1) is 14.1. The standard InChI is InChI=1S/C13H20N2O3S/c1-8(16)11-9(14)10(18-3)12(19-11)15-6-4-5-13(2,17)7-15/h17H,4-7,14H2,1-3H3. The predicted molar refractivity (Wildman–Crippen MR) is 77.4 cm³/mol. The van der Waals surface area contributed by atoms with Crippen LogP contribution in [0.25, 0.3) is 0 Å². The first-order valence-corrected chi connectivity index (χ1v) is 7.12. The molecule has 1 atom stereocenters. The largest absolute Gasteiger partial charge is 0.492 e. The molecule has 1 aromatic rings. The van der Waals surface area contributed by atoms with Crippen LogP contribution < -0.4 is 15.4 Å². The molecule has 1 fully saturated rings. The third-order valence-corrected chi connectivity index (χ3v) is 4.72. The Morgan fingerprint density at radius 1 is 1.58 bits per heavy atom. The number of piperidine rings is 1. The number of anilines is 2. The first-order valence-electron chi connectivity index (χ1n) is 6.30. The van der Waals surface area contributed by atoms with Gasteiger partial charge in [0.05, 0.1) is 23.3 Å². The summed E-state index contributed by atoms with van der Waals surface area (Å²) in [5, 5.41) is 11.0. The summed E-state index contributed by atoms with van der Waals surface area (Å²) in [5.41, 5.74) is 5.66. The van der Waals surface area contributed by atoms with Gasteiger partial charge in [0.2, 0.25) is 0 Å². The van der Waals surface area contributed by atoms with Gasteiger partial charge in [-0.25, -0.2) is 0 Å². The average Bonchev–Trinajstić information content (AvgIpc) is 2.65. The number of aliphatic hydroxyl groups is 1. The Kier molecular flexibility index (Phi) is 3.73. The molecule has 0 saturated carbocycles. The van der Waals surface area contributed by atoms with Gasteiger partial charge in [0, 0.05) is 20.0 Å². The van der Waals surface area contributed by atoms with Gasteiger partial charge in [0.15, 0.2) is 11.5 Å². The molecule has 1 aliphatic heterocycles. The molecule has 19 heavy (non-hydrogen) atoms. The van der Waals surface area contributed by atoms with Gasteiger partial charge in [-0.1, -0.05) is 0 Å². The Morgan fingerprint density at radius 3 is 2.79 bits per heavy atom. The minimum Gasteiger partial charge on any atom is -0.492 e. The summed E-state index contributed by atoms with van der Waals surface area (Å²) in [5.74, 6) is 0.490. The van der Waals surface area contributed by atoms with E-state index in [1.807, 2.05) is 6.92 Å². The van der Waals surface area contributed by atoms with Crippen molar-refractivity contribution in [1.82, 2.24) is 0 Å². The van der Waals surface area contributed by atoms with Crippen molar-refractivity contribution >= 4 is 27.8 Å². The topological polar surface area (TPSA) is 75.8 Å². The van der Waals surface area contributed by atoms with Gasteiger partial charge in [-0.05, 0) is 19.8 Å². The van der Waals surface area contributed by atoms with E-state index < -0.39 is 5.60 Å². The highest BCUT2D eigenvalue weighted by Crippen LogP contribution is 2.46. The van der Waals surface area contributed by atoms with Crippen molar-refractivity contribution in [2.45, 2.75) is 32.3 Å². The summed E-state index contributed by atoms with van der Waals surface area (Å²) in [6, 6.07) is 0. The molecular weight excluding hydrogens is 264 g/mol. The summed E-state index contributed by atoms with van der Waals surface area (Å²) >= 11 is 1.34. The average molecular weight is 284 g/mol. The number of β-amino-alcohol motifs (C(OH)–C–C–N with tert-alkyl or cyclic N) is 1.